The summed E-state index contributed by atoms with van der Waals surface area (Å²) in [6.07, 6.45) is 0. The number of nitrogens with zero attached hydrogens (tertiary/aromatic N) is 3. The molecule has 0 saturated heterocycles. The first kappa shape index (κ1) is 21.1. The van der Waals surface area contributed by atoms with Gasteiger partial charge in [-0.3, -0.25) is 0 Å². The number of hydrogen-bond donors (Lipinski definition) is 0. The lowest BCUT2D eigenvalue weighted by atomic mass is 10.0. The molecule has 0 amide bonds. The zero-order valence-electron chi connectivity index (χ0n) is 20.9. The van der Waals surface area contributed by atoms with Gasteiger partial charge in [0.1, 0.15) is 0 Å². The van der Waals surface area contributed by atoms with Crippen LogP contribution in [0.4, 0.5) is 0 Å². The number of hydrogen-bond acceptors (Lipinski definition) is 2. The quantitative estimate of drug-likeness (QED) is 0.225. The summed E-state index contributed by atoms with van der Waals surface area (Å²) in [7, 11) is 0. The Hall–Kier alpha value is -4.93. The van der Waals surface area contributed by atoms with Crippen LogP contribution in [0.3, 0.4) is 0 Å². The predicted molar refractivity (Wildman–Crippen MR) is 166 cm³/mol. The van der Waals surface area contributed by atoms with Gasteiger partial charge in [-0.15, -0.1) is 11.3 Å². The third-order valence-electron chi connectivity index (χ3n) is 8.01. The van der Waals surface area contributed by atoms with E-state index in [2.05, 4.69) is 135 Å². The van der Waals surface area contributed by atoms with Crippen LogP contribution in [-0.4, -0.2) is 14.1 Å². The van der Waals surface area contributed by atoms with Crippen LogP contribution in [0.2, 0.25) is 0 Å². The molecule has 3 nitrogen and oxygen atoms in total. The highest BCUT2D eigenvalue weighted by Gasteiger charge is 2.17. The van der Waals surface area contributed by atoms with Crippen LogP contribution in [0.5, 0.6) is 0 Å². The van der Waals surface area contributed by atoms with Crippen LogP contribution in [0.15, 0.2) is 127 Å². The van der Waals surface area contributed by atoms with Crippen LogP contribution >= 0.6 is 11.3 Å². The molecular formula is C35H21N3S. The fraction of sp³-hybridized carbons (Fsp3) is 0. The standard InChI is InChI=1S/C35H21N3S/c1-2-8-24(9-3-1)37-31-12-6-4-10-26(31)28-16-23-19-34-29(17-22(23)18-33(28)37)27-11-5-7-13-32(27)38(34)25-14-15-35-30(20-25)36-21-39-35/h1-21H. The molecule has 3 heterocycles. The number of para-hydroxylation sites is 3. The largest absolute Gasteiger partial charge is 0.309 e. The highest BCUT2D eigenvalue weighted by atomic mass is 32.1. The van der Waals surface area contributed by atoms with Crippen LogP contribution in [0.25, 0.3) is 76.0 Å². The fourth-order valence-electron chi connectivity index (χ4n) is 6.30. The van der Waals surface area contributed by atoms with E-state index in [1.165, 1.54) is 64.8 Å². The molecule has 0 unspecified atom stereocenters. The van der Waals surface area contributed by atoms with Crippen molar-refractivity contribution in [1.82, 2.24) is 14.1 Å². The van der Waals surface area contributed by atoms with Crippen molar-refractivity contribution in [3.05, 3.63) is 127 Å². The van der Waals surface area contributed by atoms with Crippen molar-refractivity contribution in [1.29, 1.82) is 0 Å². The average molecular weight is 516 g/mol. The summed E-state index contributed by atoms with van der Waals surface area (Å²) in [5.74, 6) is 0. The minimum absolute atomic E-state index is 1.04. The van der Waals surface area contributed by atoms with Gasteiger partial charge in [0.15, 0.2) is 0 Å². The molecule has 39 heavy (non-hydrogen) atoms. The second-order valence-electron chi connectivity index (χ2n) is 10.1. The van der Waals surface area contributed by atoms with Crippen LogP contribution in [0, 0.1) is 0 Å². The summed E-state index contributed by atoms with van der Waals surface area (Å²) in [5.41, 5.74) is 10.2. The van der Waals surface area contributed by atoms with Gasteiger partial charge in [-0.25, -0.2) is 4.98 Å². The van der Waals surface area contributed by atoms with Crippen molar-refractivity contribution in [3.63, 3.8) is 0 Å². The third-order valence-corrected chi connectivity index (χ3v) is 8.82. The van der Waals surface area contributed by atoms with Gasteiger partial charge in [-0.2, -0.15) is 0 Å². The first-order valence-corrected chi connectivity index (χ1v) is 14.0. The molecule has 0 fully saturated rings. The van der Waals surface area contributed by atoms with Gasteiger partial charge in [0.2, 0.25) is 0 Å². The number of rotatable bonds is 2. The van der Waals surface area contributed by atoms with Gasteiger partial charge in [0, 0.05) is 32.9 Å². The number of benzene rings is 6. The van der Waals surface area contributed by atoms with Crippen molar-refractivity contribution >= 4 is 75.9 Å². The Morgan fingerprint density at radius 1 is 0.462 bits per heavy atom. The molecule has 0 radical (unpaired) electrons. The molecule has 9 aromatic rings. The molecule has 0 aliphatic heterocycles. The van der Waals surface area contributed by atoms with E-state index >= 15 is 0 Å². The minimum Gasteiger partial charge on any atom is -0.309 e. The summed E-state index contributed by atoms with van der Waals surface area (Å²) < 4.78 is 5.99. The maximum atomic E-state index is 4.59. The zero-order valence-corrected chi connectivity index (χ0v) is 21.7. The normalized spacial score (nSPS) is 12.1. The summed E-state index contributed by atoms with van der Waals surface area (Å²) in [6, 6.07) is 44.2. The Kier molecular flexibility index (Phi) is 4.21. The zero-order chi connectivity index (χ0) is 25.5. The maximum Gasteiger partial charge on any atom is 0.0832 e. The van der Waals surface area contributed by atoms with Crippen molar-refractivity contribution in [2.45, 2.75) is 0 Å². The van der Waals surface area contributed by atoms with Gasteiger partial charge >= 0.3 is 0 Å². The van der Waals surface area contributed by atoms with Gasteiger partial charge in [0.25, 0.3) is 0 Å². The summed E-state index contributed by atoms with van der Waals surface area (Å²) >= 11 is 1.68. The highest BCUT2D eigenvalue weighted by molar-refractivity contribution is 7.16. The molecule has 0 spiro atoms. The van der Waals surface area contributed by atoms with Crippen molar-refractivity contribution in [3.8, 4) is 11.4 Å². The molecule has 0 aliphatic rings. The van der Waals surface area contributed by atoms with Gasteiger partial charge < -0.3 is 9.13 Å². The van der Waals surface area contributed by atoms with E-state index in [4.69, 9.17) is 0 Å². The molecular weight excluding hydrogens is 494 g/mol. The Morgan fingerprint density at radius 2 is 1.05 bits per heavy atom. The van der Waals surface area contributed by atoms with Crippen molar-refractivity contribution in [2.75, 3.05) is 0 Å². The average Bonchev–Trinajstić information content (AvgIpc) is 3.67. The monoisotopic (exact) mass is 515 g/mol. The molecule has 6 aromatic carbocycles. The van der Waals surface area contributed by atoms with E-state index in [1.54, 1.807) is 11.3 Å². The smallest absolute Gasteiger partial charge is 0.0832 e. The van der Waals surface area contributed by atoms with Gasteiger partial charge in [-0.05, 0) is 77.5 Å². The predicted octanol–water partition coefficient (Wildman–Crippen LogP) is 9.64. The molecule has 0 atom stereocenters. The van der Waals surface area contributed by atoms with Gasteiger partial charge in [-0.1, -0.05) is 54.6 Å². The third kappa shape index (κ3) is 2.95. The van der Waals surface area contributed by atoms with E-state index in [9.17, 15) is 0 Å². The first-order valence-electron chi connectivity index (χ1n) is 13.1. The van der Waals surface area contributed by atoms with E-state index < -0.39 is 0 Å². The van der Waals surface area contributed by atoms with Crippen LogP contribution in [0.1, 0.15) is 0 Å². The highest BCUT2D eigenvalue weighted by Crippen LogP contribution is 2.39. The van der Waals surface area contributed by atoms with E-state index in [0.717, 1.165) is 11.2 Å². The Labute approximate surface area is 227 Å². The van der Waals surface area contributed by atoms with Crippen molar-refractivity contribution < 1.29 is 0 Å². The molecule has 9 rings (SSSR count). The maximum absolute atomic E-state index is 4.59. The Bertz CT molecular complexity index is 2390. The Balaban J connectivity index is 1.41. The number of aromatic nitrogens is 3. The van der Waals surface area contributed by atoms with Gasteiger partial charge in [0.05, 0.1) is 37.8 Å². The first-order chi connectivity index (χ1) is 19.3. The summed E-state index contributed by atoms with van der Waals surface area (Å²) in [6.45, 7) is 0. The molecule has 0 bridgehead atoms. The van der Waals surface area contributed by atoms with E-state index in [0.29, 0.717) is 0 Å². The molecule has 182 valence electrons. The molecule has 0 saturated carbocycles. The molecule has 3 aromatic heterocycles. The second kappa shape index (κ2) is 7.79. The number of fused-ring (bicyclic) bond motifs is 8. The summed E-state index contributed by atoms with van der Waals surface area (Å²) in [4.78, 5) is 4.59. The Morgan fingerprint density at radius 3 is 1.72 bits per heavy atom. The SMILES string of the molecule is c1ccc(-n2c3ccccc3c3cc4cc5c(cc4cc32)c2ccccc2n5-c2ccc3scnc3c2)cc1. The van der Waals surface area contributed by atoms with Crippen LogP contribution in [-0.2, 0) is 0 Å². The topological polar surface area (TPSA) is 22.8 Å². The molecule has 0 aliphatic carbocycles. The molecule has 0 N–H and O–H groups in total. The lowest BCUT2D eigenvalue weighted by Crippen LogP contribution is -1.94. The lowest BCUT2D eigenvalue weighted by molar-refractivity contribution is 1.18. The number of thiazole rings is 1. The van der Waals surface area contributed by atoms with E-state index in [1.807, 2.05) is 5.51 Å². The summed E-state index contributed by atoms with van der Waals surface area (Å²) in [5, 5.41) is 7.55. The second-order valence-corrected chi connectivity index (χ2v) is 11.0. The minimum atomic E-state index is 1.04. The van der Waals surface area contributed by atoms with E-state index in [-0.39, 0.29) is 0 Å². The fourth-order valence-corrected chi connectivity index (χ4v) is 6.96. The van der Waals surface area contributed by atoms with Crippen LogP contribution < -0.4 is 0 Å². The molecule has 4 heteroatoms. The van der Waals surface area contributed by atoms with Crippen molar-refractivity contribution in [2.24, 2.45) is 0 Å². The lowest BCUT2D eigenvalue weighted by Gasteiger charge is -2.10.